The molecule has 7 nitrogen and oxygen atoms in total. The van der Waals surface area contributed by atoms with Gasteiger partial charge in [-0.3, -0.25) is 10.1 Å². The Morgan fingerprint density at radius 1 is 1.19 bits per heavy atom. The summed E-state index contributed by atoms with van der Waals surface area (Å²) in [7, 11) is -3.49. The molecule has 1 heterocycles. The number of carbonyl (C=O) groups excluding carboxylic acids is 1. The van der Waals surface area contributed by atoms with Crippen molar-refractivity contribution in [3.05, 3.63) is 27.7 Å². The second-order valence-corrected chi connectivity index (χ2v) is 9.69. The van der Waals surface area contributed by atoms with E-state index in [1.807, 2.05) is 6.92 Å². The predicted molar refractivity (Wildman–Crippen MR) is 107 cm³/mol. The minimum Gasteiger partial charge on any atom is -0.490 e. The Balaban J connectivity index is 2.14. The summed E-state index contributed by atoms with van der Waals surface area (Å²) in [5, 5.41) is 10.4. The Kier molecular flexibility index (Phi) is 7.84. The third kappa shape index (κ3) is 5.78. The summed E-state index contributed by atoms with van der Waals surface area (Å²) in [4.78, 5) is 12.4. The first-order valence-electron chi connectivity index (χ1n) is 8.28. The van der Waals surface area contributed by atoms with Gasteiger partial charge in [-0.1, -0.05) is 54.8 Å². The topological polar surface area (TPSA) is 98.2 Å². The number of hydrogen-bond donors (Lipinski definition) is 1. The SMILES string of the molecule is CCCCOc1c(Cl)cc(C(=O)Nc2nnc(S(=O)(=O)CCC)s2)cc1Cl. The predicted octanol–water partition coefficient (Wildman–Crippen LogP) is 4.46. The Hall–Kier alpha value is -1.42. The average Bonchev–Trinajstić information content (AvgIpc) is 3.06. The lowest BCUT2D eigenvalue weighted by Gasteiger charge is -2.11. The first kappa shape index (κ1) is 21.9. The van der Waals surface area contributed by atoms with Gasteiger partial charge in [0.1, 0.15) is 0 Å². The van der Waals surface area contributed by atoms with Crippen LogP contribution in [-0.4, -0.2) is 36.9 Å². The minimum atomic E-state index is -3.49. The van der Waals surface area contributed by atoms with E-state index in [4.69, 9.17) is 27.9 Å². The minimum absolute atomic E-state index is 0.0275. The number of benzene rings is 1. The van der Waals surface area contributed by atoms with Crippen molar-refractivity contribution in [2.75, 3.05) is 17.7 Å². The molecule has 0 saturated carbocycles. The van der Waals surface area contributed by atoms with Gasteiger partial charge in [0.2, 0.25) is 19.3 Å². The molecule has 11 heteroatoms. The number of halogens is 2. The van der Waals surface area contributed by atoms with Crippen LogP contribution in [0.25, 0.3) is 0 Å². The van der Waals surface area contributed by atoms with Crippen molar-refractivity contribution in [2.24, 2.45) is 0 Å². The van der Waals surface area contributed by atoms with E-state index in [1.54, 1.807) is 6.92 Å². The Morgan fingerprint density at radius 3 is 2.44 bits per heavy atom. The molecule has 2 rings (SSSR count). The third-order valence-electron chi connectivity index (χ3n) is 3.37. The maximum absolute atomic E-state index is 12.4. The Bertz CT molecular complexity index is 893. The van der Waals surface area contributed by atoms with Crippen LogP contribution in [-0.2, 0) is 9.84 Å². The van der Waals surface area contributed by atoms with E-state index in [0.29, 0.717) is 18.8 Å². The second kappa shape index (κ2) is 9.68. The van der Waals surface area contributed by atoms with Gasteiger partial charge in [0.05, 0.1) is 22.4 Å². The number of hydrogen-bond acceptors (Lipinski definition) is 7. The summed E-state index contributed by atoms with van der Waals surface area (Å²) in [5.74, 6) is -0.234. The van der Waals surface area contributed by atoms with E-state index >= 15 is 0 Å². The zero-order valence-electron chi connectivity index (χ0n) is 14.8. The molecule has 1 aromatic heterocycles. The highest BCUT2D eigenvalue weighted by atomic mass is 35.5. The number of rotatable bonds is 9. The van der Waals surface area contributed by atoms with Gasteiger partial charge in [-0.2, -0.15) is 0 Å². The van der Waals surface area contributed by atoms with Crippen LogP contribution < -0.4 is 10.1 Å². The van der Waals surface area contributed by atoms with Crippen LogP contribution in [0.5, 0.6) is 5.75 Å². The van der Waals surface area contributed by atoms with Gasteiger partial charge < -0.3 is 4.74 Å². The fourth-order valence-electron chi connectivity index (χ4n) is 2.06. The maximum Gasteiger partial charge on any atom is 0.257 e. The van der Waals surface area contributed by atoms with Crippen LogP contribution in [0.4, 0.5) is 5.13 Å². The maximum atomic E-state index is 12.4. The first-order valence-corrected chi connectivity index (χ1v) is 11.5. The third-order valence-corrected chi connectivity index (χ3v) is 7.14. The van der Waals surface area contributed by atoms with Crippen molar-refractivity contribution >= 4 is 55.4 Å². The molecule has 0 saturated heterocycles. The zero-order valence-corrected chi connectivity index (χ0v) is 17.9. The molecule has 1 amide bonds. The van der Waals surface area contributed by atoms with Crippen LogP contribution in [0.15, 0.2) is 16.5 Å². The van der Waals surface area contributed by atoms with Gasteiger partial charge in [0.15, 0.2) is 5.75 Å². The lowest BCUT2D eigenvalue weighted by atomic mass is 10.2. The zero-order chi connectivity index (χ0) is 20.0. The van der Waals surface area contributed by atoms with Crippen LogP contribution >= 0.6 is 34.5 Å². The Morgan fingerprint density at radius 2 is 1.85 bits per heavy atom. The van der Waals surface area contributed by atoms with Crippen LogP contribution in [0, 0.1) is 0 Å². The second-order valence-electron chi connectivity index (χ2n) is 5.62. The number of unbranched alkanes of at least 4 members (excludes halogenated alkanes) is 1. The number of nitrogens with zero attached hydrogens (tertiary/aromatic N) is 2. The highest BCUT2D eigenvalue weighted by Gasteiger charge is 2.21. The van der Waals surface area contributed by atoms with E-state index in [9.17, 15) is 13.2 Å². The molecule has 1 aromatic carbocycles. The van der Waals surface area contributed by atoms with Crippen molar-refractivity contribution in [3.8, 4) is 5.75 Å². The largest absolute Gasteiger partial charge is 0.490 e. The summed E-state index contributed by atoms with van der Waals surface area (Å²) < 4.78 is 29.4. The Labute approximate surface area is 172 Å². The van der Waals surface area contributed by atoms with Gasteiger partial charge in [-0.15, -0.1) is 10.2 Å². The van der Waals surface area contributed by atoms with Gasteiger partial charge >= 0.3 is 0 Å². The summed E-state index contributed by atoms with van der Waals surface area (Å²) in [5.41, 5.74) is 0.195. The number of nitrogens with one attached hydrogen (secondary N) is 1. The molecule has 1 N–H and O–H groups in total. The quantitative estimate of drug-likeness (QED) is 0.446. The van der Waals surface area contributed by atoms with E-state index in [0.717, 1.165) is 24.2 Å². The standard InChI is InChI=1S/C16H19Cl2N3O4S2/c1-3-5-6-25-13-11(17)8-10(9-12(13)18)14(22)19-15-20-21-16(26-15)27(23,24)7-4-2/h8-9H,3-7H2,1-2H3,(H,19,20,22). The molecule has 0 unspecified atom stereocenters. The average molecular weight is 452 g/mol. The highest BCUT2D eigenvalue weighted by molar-refractivity contribution is 7.93. The molecule has 0 aliphatic heterocycles. The number of amides is 1. The number of ether oxygens (including phenoxy) is 1. The number of aromatic nitrogens is 2. The molecule has 148 valence electrons. The molecule has 0 radical (unpaired) electrons. The van der Waals surface area contributed by atoms with Crippen molar-refractivity contribution in [2.45, 2.75) is 37.4 Å². The summed E-state index contributed by atoms with van der Waals surface area (Å²) in [6.45, 7) is 4.26. The lowest BCUT2D eigenvalue weighted by Crippen LogP contribution is -2.12. The molecular weight excluding hydrogens is 433 g/mol. The van der Waals surface area contributed by atoms with Crippen molar-refractivity contribution in [3.63, 3.8) is 0 Å². The van der Waals surface area contributed by atoms with Crippen LogP contribution in [0.3, 0.4) is 0 Å². The monoisotopic (exact) mass is 451 g/mol. The van der Waals surface area contributed by atoms with E-state index in [2.05, 4.69) is 15.5 Å². The first-order chi connectivity index (χ1) is 12.8. The van der Waals surface area contributed by atoms with E-state index in [1.165, 1.54) is 12.1 Å². The molecular formula is C16H19Cl2N3O4S2. The molecule has 0 fully saturated rings. The van der Waals surface area contributed by atoms with Crippen LogP contribution in [0.1, 0.15) is 43.5 Å². The van der Waals surface area contributed by atoms with Crippen LogP contribution in [0.2, 0.25) is 10.0 Å². The fourth-order valence-corrected chi connectivity index (χ4v) is 5.00. The lowest BCUT2D eigenvalue weighted by molar-refractivity contribution is 0.102. The molecule has 0 bridgehead atoms. The van der Waals surface area contributed by atoms with Crippen molar-refractivity contribution < 1.29 is 17.9 Å². The highest BCUT2D eigenvalue weighted by Crippen LogP contribution is 2.34. The van der Waals surface area contributed by atoms with Gasteiger partial charge in [0, 0.05) is 5.56 Å². The summed E-state index contributed by atoms with van der Waals surface area (Å²) in [6.07, 6.45) is 2.29. The molecule has 2 aromatic rings. The summed E-state index contributed by atoms with van der Waals surface area (Å²) >= 11 is 13.1. The number of carbonyl (C=O) groups is 1. The molecule has 0 aliphatic carbocycles. The van der Waals surface area contributed by atoms with Gasteiger partial charge in [-0.05, 0) is 25.0 Å². The van der Waals surface area contributed by atoms with Gasteiger partial charge in [0.25, 0.3) is 5.91 Å². The van der Waals surface area contributed by atoms with E-state index < -0.39 is 15.7 Å². The number of sulfone groups is 1. The molecule has 0 spiro atoms. The molecule has 27 heavy (non-hydrogen) atoms. The van der Waals surface area contributed by atoms with E-state index in [-0.39, 0.29) is 30.8 Å². The fraction of sp³-hybridized carbons (Fsp3) is 0.438. The number of anilines is 1. The van der Waals surface area contributed by atoms with Crippen molar-refractivity contribution in [1.29, 1.82) is 0 Å². The molecule has 0 atom stereocenters. The smallest absolute Gasteiger partial charge is 0.257 e. The van der Waals surface area contributed by atoms with Gasteiger partial charge in [-0.25, -0.2) is 8.42 Å². The molecule has 0 aliphatic rings. The normalized spacial score (nSPS) is 11.4. The summed E-state index contributed by atoms with van der Waals surface area (Å²) in [6, 6.07) is 2.86. The van der Waals surface area contributed by atoms with Crippen molar-refractivity contribution in [1.82, 2.24) is 10.2 Å².